The van der Waals surface area contributed by atoms with Crippen LogP contribution in [0.3, 0.4) is 0 Å². The monoisotopic (exact) mass is 191 g/mol. The zero-order valence-electron chi connectivity index (χ0n) is 8.16. The maximum Gasteiger partial charge on any atom is 0.327 e. The Morgan fingerprint density at radius 1 is 1.57 bits per heavy atom. The number of H-pyrrole nitrogens is 1. The molecule has 14 heavy (non-hydrogen) atoms. The number of hydrogen-bond donors (Lipinski definition) is 1. The Bertz CT molecular complexity index is 483. The largest absolute Gasteiger partial charge is 0.327 e. The Kier molecular flexibility index (Phi) is 2.35. The van der Waals surface area contributed by atoms with Crippen molar-refractivity contribution in [2.45, 2.75) is 26.3 Å². The fourth-order valence-electron chi connectivity index (χ4n) is 1.51. The zero-order chi connectivity index (χ0) is 9.97. The van der Waals surface area contributed by atoms with E-state index < -0.39 is 0 Å². The van der Waals surface area contributed by atoms with Crippen molar-refractivity contribution in [3.8, 4) is 0 Å². The van der Waals surface area contributed by atoms with Gasteiger partial charge in [0.05, 0.1) is 5.52 Å². The van der Waals surface area contributed by atoms with Crippen LogP contribution in [0.25, 0.3) is 11.2 Å². The highest BCUT2D eigenvalue weighted by molar-refractivity contribution is 5.69. The van der Waals surface area contributed by atoms with Crippen LogP contribution >= 0.6 is 0 Å². The van der Waals surface area contributed by atoms with Gasteiger partial charge in [0.25, 0.3) is 0 Å². The molecule has 0 aliphatic heterocycles. The van der Waals surface area contributed by atoms with Gasteiger partial charge in [-0.3, -0.25) is 4.57 Å². The van der Waals surface area contributed by atoms with Gasteiger partial charge in [0.2, 0.25) is 0 Å². The highest BCUT2D eigenvalue weighted by atomic mass is 16.1. The molecule has 0 saturated heterocycles. The van der Waals surface area contributed by atoms with Gasteiger partial charge in [-0.2, -0.15) is 0 Å². The molecule has 0 unspecified atom stereocenters. The molecule has 2 aromatic heterocycles. The maximum atomic E-state index is 11.5. The summed E-state index contributed by atoms with van der Waals surface area (Å²) in [4.78, 5) is 18.5. The van der Waals surface area contributed by atoms with Crippen LogP contribution < -0.4 is 5.69 Å². The second kappa shape index (κ2) is 3.65. The summed E-state index contributed by atoms with van der Waals surface area (Å²) in [5, 5.41) is 0. The fraction of sp³-hybridized carbons (Fsp3) is 0.400. The van der Waals surface area contributed by atoms with E-state index in [1.165, 1.54) is 0 Å². The Morgan fingerprint density at radius 2 is 2.43 bits per heavy atom. The number of hydrogen-bond acceptors (Lipinski definition) is 2. The summed E-state index contributed by atoms with van der Waals surface area (Å²) in [6.45, 7) is 2.85. The standard InChI is InChI=1S/C10H13N3O/c1-2-3-7-13-9-8(12-10(13)14)5-4-6-11-9/h4-6H,2-3,7H2,1H3,(H,12,14). The first-order chi connectivity index (χ1) is 6.83. The lowest BCUT2D eigenvalue weighted by atomic mass is 10.3. The molecule has 0 bridgehead atoms. The van der Waals surface area contributed by atoms with E-state index in [4.69, 9.17) is 0 Å². The number of imidazole rings is 1. The predicted molar refractivity (Wildman–Crippen MR) is 55.3 cm³/mol. The Hall–Kier alpha value is -1.58. The number of nitrogens with zero attached hydrogens (tertiary/aromatic N) is 2. The van der Waals surface area contributed by atoms with Gasteiger partial charge in [0.15, 0.2) is 5.65 Å². The molecule has 2 heterocycles. The summed E-state index contributed by atoms with van der Waals surface area (Å²) >= 11 is 0. The molecule has 4 nitrogen and oxygen atoms in total. The summed E-state index contributed by atoms with van der Waals surface area (Å²) in [5.74, 6) is 0. The van der Waals surface area contributed by atoms with E-state index in [0.717, 1.165) is 30.6 Å². The molecule has 0 fully saturated rings. The van der Waals surface area contributed by atoms with Gasteiger partial charge in [-0.05, 0) is 18.6 Å². The van der Waals surface area contributed by atoms with Crippen LogP contribution in [-0.2, 0) is 6.54 Å². The average Bonchev–Trinajstić information content (AvgIpc) is 2.51. The first kappa shape index (κ1) is 8.99. The van der Waals surface area contributed by atoms with Crippen molar-refractivity contribution in [2.75, 3.05) is 0 Å². The molecule has 1 N–H and O–H groups in total. The van der Waals surface area contributed by atoms with Gasteiger partial charge < -0.3 is 4.98 Å². The first-order valence-corrected chi connectivity index (χ1v) is 4.86. The van der Waals surface area contributed by atoms with E-state index in [-0.39, 0.29) is 5.69 Å². The van der Waals surface area contributed by atoms with E-state index in [2.05, 4.69) is 16.9 Å². The van der Waals surface area contributed by atoms with E-state index in [1.54, 1.807) is 10.8 Å². The SMILES string of the molecule is CCCCn1c(=O)[nH]c2cccnc21. The first-order valence-electron chi connectivity index (χ1n) is 4.86. The predicted octanol–water partition coefficient (Wildman–Crippen LogP) is 1.52. The average molecular weight is 191 g/mol. The lowest BCUT2D eigenvalue weighted by Crippen LogP contribution is -2.16. The second-order valence-electron chi connectivity index (χ2n) is 3.31. The fourth-order valence-corrected chi connectivity index (χ4v) is 1.51. The van der Waals surface area contributed by atoms with Crippen molar-refractivity contribution in [1.82, 2.24) is 14.5 Å². The highest BCUT2D eigenvalue weighted by Crippen LogP contribution is 2.06. The van der Waals surface area contributed by atoms with Gasteiger partial charge in [-0.1, -0.05) is 13.3 Å². The second-order valence-corrected chi connectivity index (χ2v) is 3.31. The van der Waals surface area contributed by atoms with E-state index >= 15 is 0 Å². The molecule has 0 aromatic carbocycles. The number of aromatic nitrogens is 3. The molecular weight excluding hydrogens is 178 g/mol. The van der Waals surface area contributed by atoms with E-state index in [0.29, 0.717) is 0 Å². The highest BCUT2D eigenvalue weighted by Gasteiger charge is 2.05. The number of rotatable bonds is 3. The number of aromatic amines is 1. The van der Waals surface area contributed by atoms with Crippen molar-refractivity contribution in [1.29, 1.82) is 0 Å². The smallest absolute Gasteiger partial charge is 0.304 e. The molecule has 0 aliphatic rings. The van der Waals surface area contributed by atoms with Crippen molar-refractivity contribution < 1.29 is 0 Å². The number of aryl methyl sites for hydroxylation is 1. The molecule has 0 radical (unpaired) electrons. The minimum atomic E-state index is -0.0628. The third kappa shape index (κ3) is 1.43. The molecule has 4 heteroatoms. The van der Waals surface area contributed by atoms with Gasteiger partial charge >= 0.3 is 5.69 Å². The zero-order valence-corrected chi connectivity index (χ0v) is 8.16. The van der Waals surface area contributed by atoms with Crippen molar-refractivity contribution >= 4 is 11.2 Å². The van der Waals surface area contributed by atoms with Gasteiger partial charge in [0, 0.05) is 12.7 Å². The number of pyridine rings is 1. The lowest BCUT2D eigenvalue weighted by molar-refractivity contribution is 0.625. The van der Waals surface area contributed by atoms with Crippen LogP contribution in [0.1, 0.15) is 19.8 Å². The Balaban J connectivity index is 2.51. The molecule has 0 atom stereocenters. The molecular formula is C10H13N3O. The van der Waals surface area contributed by atoms with Crippen molar-refractivity contribution in [2.24, 2.45) is 0 Å². The minimum absolute atomic E-state index is 0.0628. The van der Waals surface area contributed by atoms with Crippen molar-refractivity contribution in [3.05, 3.63) is 28.8 Å². The van der Waals surface area contributed by atoms with Crippen LogP contribution in [0.5, 0.6) is 0 Å². The van der Waals surface area contributed by atoms with Crippen LogP contribution in [-0.4, -0.2) is 14.5 Å². The summed E-state index contributed by atoms with van der Waals surface area (Å²) < 4.78 is 1.69. The quantitative estimate of drug-likeness (QED) is 0.799. The number of unbranched alkanes of at least 4 members (excludes halogenated alkanes) is 1. The Morgan fingerprint density at radius 3 is 3.21 bits per heavy atom. The number of fused-ring (bicyclic) bond motifs is 1. The minimum Gasteiger partial charge on any atom is -0.304 e. The van der Waals surface area contributed by atoms with Crippen LogP contribution in [0.4, 0.5) is 0 Å². The third-order valence-electron chi connectivity index (χ3n) is 2.26. The van der Waals surface area contributed by atoms with E-state index in [9.17, 15) is 4.79 Å². The van der Waals surface area contributed by atoms with Crippen molar-refractivity contribution in [3.63, 3.8) is 0 Å². The molecule has 0 saturated carbocycles. The molecule has 0 spiro atoms. The summed E-state index contributed by atoms with van der Waals surface area (Å²) in [6.07, 6.45) is 3.79. The van der Waals surface area contributed by atoms with E-state index in [1.807, 2.05) is 12.1 Å². The Labute approximate surface area is 81.6 Å². The number of nitrogens with one attached hydrogen (secondary N) is 1. The molecule has 74 valence electrons. The topological polar surface area (TPSA) is 50.7 Å². The van der Waals surface area contributed by atoms with Crippen LogP contribution in [0.2, 0.25) is 0 Å². The van der Waals surface area contributed by atoms with Gasteiger partial charge in [-0.15, -0.1) is 0 Å². The molecule has 2 rings (SSSR count). The normalized spacial score (nSPS) is 10.9. The van der Waals surface area contributed by atoms with Gasteiger partial charge in [-0.25, -0.2) is 9.78 Å². The molecule has 2 aromatic rings. The summed E-state index contributed by atoms with van der Waals surface area (Å²) in [5.41, 5.74) is 1.51. The van der Waals surface area contributed by atoms with Gasteiger partial charge in [0.1, 0.15) is 0 Å². The lowest BCUT2D eigenvalue weighted by Gasteiger charge is -1.99. The maximum absolute atomic E-state index is 11.5. The van der Waals surface area contributed by atoms with Crippen LogP contribution in [0.15, 0.2) is 23.1 Å². The summed E-state index contributed by atoms with van der Waals surface area (Å²) in [7, 11) is 0. The molecule has 0 aliphatic carbocycles. The van der Waals surface area contributed by atoms with Crippen LogP contribution in [0, 0.1) is 0 Å². The summed E-state index contributed by atoms with van der Waals surface area (Å²) in [6, 6.07) is 3.69. The molecule has 0 amide bonds. The third-order valence-corrected chi connectivity index (χ3v) is 2.26.